The molecule has 0 atom stereocenters. The molecule has 0 aliphatic heterocycles. The van der Waals surface area contributed by atoms with Gasteiger partial charge in [0.2, 0.25) is 5.91 Å². The summed E-state index contributed by atoms with van der Waals surface area (Å²) in [6, 6.07) is 10.7. The molecule has 0 saturated heterocycles. The lowest BCUT2D eigenvalue weighted by Crippen LogP contribution is -2.34. The molecule has 2 rings (SSSR count). The number of carbonyl (C=O) groups excluding carboxylic acids is 2. The van der Waals surface area contributed by atoms with Crippen molar-refractivity contribution in [2.24, 2.45) is 0 Å². The summed E-state index contributed by atoms with van der Waals surface area (Å²) in [6.45, 7) is 4.91. The van der Waals surface area contributed by atoms with Crippen molar-refractivity contribution in [2.45, 2.75) is 13.8 Å². The van der Waals surface area contributed by atoms with Crippen molar-refractivity contribution in [2.75, 3.05) is 25.0 Å². The van der Waals surface area contributed by atoms with Gasteiger partial charge in [0, 0.05) is 24.9 Å². The van der Waals surface area contributed by atoms with E-state index in [1.807, 2.05) is 13.8 Å². The van der Waals surface area contributed by atoms with E-state index in [-0.39, 0.29) is 29.3 Å². The SMILES string of the molecule is CCN(CC)C(=O)COc1ccc(NC(=O)/C=C/c2cccc(F)c2)cc1Cl. The van der Waals surface area contributed by atoms with Gasteiger partial charge in [-0.3, -0.25) is 9.59 Å². The molecule has 0 spiro atoms. The maximum atomic E-state index is 13.1. The molecule has 0 heterocycles. The first-order valence-corrected chi connectivity index (χ1v) is 9.25. The zero-order valence-electron chi connectivity index (χ0n) is 15.7. The third kappa shape index (κ3) is 6.39. The first-order valence-electron chi connectivity index (χ1n) is 8.87. The molecule has 28 heavy (non-hydrogen) atoms. The minimum atomic E-state index is -0.384. The van der Waals surface area contributed by atoms with Gasteiger partial charge in [0.15, 0.2) is 6.61 Å². The molecule has 0 fully saturated rings. The van der Waals surface area contributed by atoms with Gasteiger partial charge in [0.05, 0.1) is 5.02 Å². The Bertz CT molecular complexity index is 866. The molecule has 0 aliphatic carbocycles. The van der Waals surface area contributed by atoms with E-state index in [2.05, 4.69) is 5.32 Å². The van der Waals surface area contributed by atoms with Crippen molar-refractivity contribution in [3.05, 3.63) is 64.9 Å². The number of rotatable bonds is 8. The van der Waals surface area contributed by atoms with Crippen LogP contribution in [0.5, 0.6) is 5.75 Å². The Morgan fingerprint density at radius 3 is 2.57 bits per heavy atom. The van der Waals surface area contributed by atoms with Crippen LogP contribution in [0.15, 0.2) is 48.5 Å². The van der Waals surface area contributed by atoms with Crippen molar-refractivity contribution in [3.8, 4) is 5.75 Å². The van der Waals surface area contributed by atoms with Crippen molar-refractivity contribution in [3.63, 3.8) is 0 Å². The van der Waals surface area contributed by atoms with Gasteiger partial charge in [-0.15, -0.1) is 0 Å². The van der Waals surface area contributed by atoms with Crippen LogP contribution in [-0.2, 0) is 9.59 Å². The molecule has 0 unspecified atom stereocenters. The topological polar surface area (TPSA) is 58.6 Å². The number of hydrogen-bond acceptors (Lipinski definition) is 3. The fourth-order valence-electron chi connectivity index (χ4n) is 2.47. The number of amides is 2. The Hall–Kier alpha value is -2.86. The summed E-state index contributed by atoms with van der Waals surface area (Å²) < 4.78 is 18.6. The van der Waals surface area contributed by atoms with Crippen LogP contribution in [-0.4, -0.2) is 36.4 Å². The number of carbonyl (C=O) groups is 2. The van der Waals surface area contributed by atoms with E-state index < -0.39 is 0 Å². The summed E-state index contributed by atoms with van der Waals surface area (Å²) in [4.78, 5) is 25.6. The van der Waals surface area contributed by atoms with Crippen molar-refractivity contribution >= 4 is 35.2 Å². The fourth-order valence-corrected chi connectivity index (χ4v) is 2.70. The number of ether oxygens (including phenoxy) is 1. The van der Waals surface area contributed by atoms with Crippen LogP contribution in [0.25, 0.3) is 6.08 Å². The number of benzene rings is 2. The van der Waals surface area contributed by atoms with Crippen LogP contribution in [0.1, 0.15) is 19.4 Å². The minimum Gasteiger partial charge on any atom is -0.482 e. The predicted molar refractivity (Wildman–Crippen MR) is 109 cm³/mol. The van der Waals surface area contributed by atoms with E-state index in [1.165, 1.54) is 30.4 Å². The minimum absolute atomic E-state index is 0.108. The number of hydrogen-bond donors (Lipinski definition) is 1. The standard InChI is InChI=1S/C21H22ClFN2O3/c1-3-25(4-2)21(27)14-28-19-10-9-17(13-18(19)22)24-20(26)11-8-15-6-5-7-16(23)12-15/h5-13H,3-4,14H2,1-2H3,(H,24,26)/b11-8+. The highest BCUT2D eigenvalue weighted by Crippen LogP contribution is 2.27. The first kappa shape index (κ1) is 21.4. The predicted octanol–water partition coefficient (Wildman–Crippen LogP) is 4.38. The first-order chi connectivity index (χ1) is 13.4. The van der Waals surface area contributed by atoms with Gasteiger partial charge in [-0.25, -0.2) is 4.39 Å². The van der Waals surface area contributed by atoms with Gasteiger partial charge in [0.1, 0.15) is 11.6 Å². The van der Waals surface area contributed by atoms with Gasteiger partial charge < -0.3 is 15.0 Å². The Kier molecular flexibility index (Phi) is 8.02. The van der Waals surface area contributed by atoms with Gasteiger partial charge in [-0.2, -0.15) is 0 Å². The normalized spacial score (nSPS) is 10.7. The van der Waals surface area contributed by atoms with Gasteiger partial charge in [0.25, 0.3) is 5.91 Å². The van der Waals surface area contributed by atoms with Crippen LogP contribution in [0.3, 0.4) is 0 Å². The highest BCUT2D eigenvalue weighted by atomic mass is 35.5. The molecular weight excluding hydrogens is 383 g/mol. The van der Waals surface area contributed by atoms with E-state index in [0.29, 0.717) is 30.1 Å². The van der Waals surface area contributed by atoms with Gasteiger partial charge in [-0.05, 0) is 55.8 Å². The maximum absolute atomic E-state index is 13.1. The Labute approximate surface area is 168 Å². The number of nitrogens with one attached hydrogen (secondary N) is 1. The van der Waals surface area contributed by atoms with E-state index in [9.17, 15) is 14.0 Å². The largest absolute Gasteiger partial charge is 0.482 e. The van der Waals surface area contributed by atoms with E-state index in [0.717, 1.165) is 0 Å². The summed E-state index contributed by atoms with van der Waals surface area (Å²) in [6.07, 6.45) is 2.81. The third-order valence-electron chi connectivity index (χ3n) is 3.94. The zero-order valence-corrected chi connectivity index (χ0v) is 16.5. The molecule has 0 saturated carbocycles. The lowest BCUT2D eigenvalue weighted by molar-refractivity contribution is -0.133. The lowest BCUT2D eigenvalue weighted by atomic mass is 10.2. The average Bonchev–Trinajstić information content (AvgIpc) is 2.67. The lowest BCUT2D eigenvalue weighted by Gasteiger charge is -2.19. The molecule has 5 nitrogen and oxygen atoms in total. The molecule has 1 N–H and O–H groups in total. The quantitative estimate of drug-likeness (QED) is 0.664. The molecule has 0 aliphatic rings. The zero-order chi connectivity index (χ0) is 20.5. The number of anilines is 1. The fraction of sp³-hybridized carbons (Fsp3) is 0.238. The number of halogens is 2. The van der Waals surface area contributed by atoms with Crippen LogP contribution >= 0.6 is 11.6 Å². The van der Waals surface area contributed by atoms with Gasteiger partial charge >= 0.3 is 0 Å². The molecule has 7 heteroatoms. The van der Waals surface area contributed by atoms with Gasteiger partial charge in [-0.1, -0.05) is 23.7 Å². The molecule has 2 amide bonds. The molecular formula is C21H22ClFN2O3. The third-order valence-corrected chi connectivity index (χ3v) is 4.24. The maximum Gasteiger partial charge on any atom is 0.260 e. The van der Waals surface area contributed by atoms with Crippen LogP contribution in [0.4, 0.5) is 10.1 Å². The number of nitrogens with zero attached hydrogens (tertiary/aromatic N) is 1. The monoisotopic (exact) mass is 404 g/mol. The highest BCUT2D eigenvalue weighted by molar-refractivity contribution is 6.32. The molecule has 2 aromatic rings. The number of likely N-dealkylation sites (N-methyl/N-ethyl adjacent to an activating group) is 1. The van der Waals surface area contributed by atoms with Crippen LogP contribution in [0, 0.1) is 5.82 Å². The summed E-state index contributed by atoms with van der Waals surface area (Å²) >= 11 is 6.17. The second kappa shape index (κ2) is 10.5. The second-order valence-corrected chi connectivity index (χ2v) is 6.28. The van der Waals surface area contributed by atoms with E-state index in [4.69, 9.17) is 16.3 Å². The van der Waals surface area contributed by atoms with Crippen LogP contribution in [0.2, 0.25) is 5.02 Å². The summed E-state index contributed by atoms with van der Waals surface area (Å²) in [7, 11) is 0. The van der Waals surface area contributed by atoms with Crippen molar-refractivity contribution in [1.82, 2.24) is 4.90 Å². The molecule has 0 aromatic heterocycles. The average molecular weight is 405 g/mol. The second-order valence-electron chi connectivity index (χ2n) is 5.88. The smallest absolute Gasteiger partial charge is 0.260 e. The highest BCUT2D eigenvalue weighted by Gasteiger charge is 2.12. The van der Waals surface area contributed by atoms with E-state index >= 15 is 0 Å². The molecule has 148 valence electrons. The summed E-state index contributed by atoms with van der Waals surface area (Å²) in [5, 5.41) is 2.94. The Balaban J connectivity index is 1.94. The Morgan fingerprint density at radius 2 is 1.93 bits per heavy atom. The molecule has 0 radical (unpaired) electrons. The van der Waals surface area contributed by atoms with E-state index in [1.54, 1.807) is 29.2 Å². The van der Waals surface area contributed by atoms with Crippen molar-refractivity contribution in [1.29, 1.82) is 0 Å². The Morgan fingerprint density at radius 1 is 1.18 bits per heavy atom. The molecule has 2 aromatic carbocycles. The van der Waals surface area contributed by atoms with Crippen molar-refractivity contribution < 1.29 is 18.7 Å². The van der Waals surface area contributed by atoms with Crippen LogP contribution < -0.4 is 10.1 Å². The summed E-state index contributed by atoms with van der Waals surface area (Å²) in [5.74, 6) is -0.522. The summed E-state index contributed by atoms with van der Waals surface area (Å²) in [5.41, 5.74) is 1.05. The molecule has 0 bridgehead atoms.